The molecule has 6 heteroatoms. The van der Waals surface area contributed by atoms with E-state index in [1.54, 1.807) is 11.8 Å². The number of carbonyl (C=O) groups is 2. The van der Waals surface area contributed by atoms with E-state index in [9.17, 15) is 9.59 Å². The molecule has 0 aliphatic carbocycles. The molecule has 0 spiro atoms. The molecule has 0 bridgehead atoms. The molecule has 1 atom stereocenters. The number of fused-ring (bicyclic) bond motifs is 1. The van der Waals surface area contributed by atoms with Gasteiger partial charge in [0.1, 0.15) is 0 Å². The molecule has 0 unspecified atom stereocenters. The fourth-order valence-corrected chi connectivity index (χ4v) is 4.13. The van der Waals surface area contributed by atoms with Crippen LogP contribution >= 0.6 is 12.2 Å². The first-order chi connectivity index (χ1) is 14.5. The maximum Gasteiger partial charge on any atom is 0.379 e. The van der Waals surface area contributed by atoms with Gasteiger partial charge in [-0.1, -0.05) is 54.6 Å². The fourth-order valence-electron chi connectivity index (χ4n) is 3.77. The highest BCUT2D eigenvalue weighted by molar-refractivity contribution is 7.80. The number of anilines is 1. The number of nitrogens with one attached hydrogen (secondary N) is 1. The molecule has 30 heavy (non-hydrogen) atoms. The Morgan fingerprint density at radius 1 is 0.967 bits per heavy atom. The van der Waals surface area contributed by atoms with E-state index in [1.807, 2.05) is 72.8 Å². The summed E-state index contributed by atoms with van der Waals surface area (Å²) in [5, 5.41) is 5.84. The molecule has 0 amide bonds. The zero-order valence-corrected chi connectivity index (χ0v) is 17.4. The van der Waals surface area contributed by atoms with E-state index in [4.69, 9.17) is 17.0 Å². The second-order valence-electron chi connectivity index (χ2n) is 6.98. The predicted octanol–water partition coefficient (Wildman–Crippen LogP) is 4.29. The van der Waals surface area contributed by atoms with Gasteiger partial charge in [0.25, 0.3) is 5.78 Å². The lowest BCUT2D eigenvalue weighted by molar-refractivity contribution is -0.150. The van der Waals surface area contributed by atoms with Gasteiger partial charge in [-0.25, -0.2) is 4.79 Å². The Balaban J connectivity index is 1.88. The van der Waals surface area contributed by atoms with Gasteiger partial charge in [0.2, 0.25) is 0 Å². The lowest BCUT2D eigenvalue weighted by Crippen LogP contribution is -2.48. The molecular weight excluding hydrogens is 396 g/mol. The number of allylic oxidation sites excluding steroid dienone is 1. The molecule has 1 aliphatic rings. The summed E-state index contributed by atoms with van der Waals surface area (Å²) >= 11 is 5.65. The van der Waals surface area contributed by atoms with Crippen LogP contribution < -0.4 is 10.2 Å². The number of ether oxygens (including phenoxy) is 1. The average molecular weight is 417 g/mol. The number of hydrogen-bond donors (Lipinski definition) is 1. The third kappa shape index (κ3) is 3.46. The first kappa shape index (κ1) is 19.8. The van der Waals surface area contributed by atoms with Gasteiger partial charge in [-0.3, -0.25) is 9.69 Å². The van der Waals surface area contributed by atoms with Crippen molar-refractivity contribution in [3.8, 4) is 0 Å². The van der Waals surface area contributed by atoms with Crippen LogP contribution in [0.1, 0.15) is 18.5 Å². The van der Waals surface area contributed by atoms with E-state index in [0.717, 1.165) is 22.0 Å². The smallest absolute Gasteiger partial charge is 0.379 e. The van der Waals surface area contributed by atoms with Gasteiger partial charge in [0.15, 0.2) is 5.11 Å². The number of rotatable bonds is 4. The molecule has 0 fully saturated rings. The van der Waals surface area contributed by atoms with E-state index in [1.165, 1.54) is 7.11 Å². The molecule has 1 heterocycles. The molecule has 1 aliphatic heterocycles. The third-order valence-corrected chi connectivity index (χ3v) is 5.52. The van der Waals surface area contributed by atoms with Crippen molar-refractivity contribution in [1.29, 1.82) is 0 Å². The minimum Gasteiger partial charge on any atom is -0.463 e. The van der Waals surface area contributed by atoms with Crippen LogP contribution in [-0.2, 0) is 14.3 Å². The number of hydrogen-bond acceptors (Lipinski definition) is 4. The molecule has 3 aromatic rings. The van der Waals surface area contributed by atoms with Crippen LogP contribution in [0.15, 0.2) is 84.1 Å². The summed E-state index contributed by atoms with van der Waals surface area (Å²) in [6.45, 7) is 1.80. The molecule has 0 radical (unpaired) electrons. The summed E-state index contributed by atoms with van der Waals surface area (Å²) < 4.78 is 4.73. The van der Waals surface area contributed by atoms with Crippen LogP contribution in [-0.4, -0.2) is 24.0 Å². The second kappa shape index (κ2) is 8.08. The average Bonchev–Trinajstić information content (AvgIpc) is 2.78. The van der Waals surface area contributed by atoms with E-state index < -0.39 is 17.8 Å². The standard InChI is InChI=1S/C24H20N2O3S/c1-15-20(22(27)23(28)29-2)21(18-13-12-16-8-6-7-9-17(16)14-18)25-24(30)26(15)19-10-4-3-5-11-19/h3-14,21H,1-2H3,(H,25,30)/t21-/m1/s1. The SMILES string of the molecule is COC(=O)C(=O)C1=C(C)N(c2ccccc2)C(=S)N[C@@H]1c1ccc2ccccc2c1. The Hall–Kier alpha value is -3.51. The number of thiocarbonyl (C=S) groups is 1. The third-order valence-electron chi connectivity index (χ3n) is 5.22. The number of carbonyl (C=O) groups excluding carboxylic acids is 2. The van der Waals surface area contributed by atoms with Crippen LogP contribution in [0, 0.1) is 0 Å². The van der Waals surface area contributed by atoms with Gasteiger partial charge in [-0.2, -0.15) is 0 Å². The van der Waals surface area contributed by atoms with Gasteiger partial charge >= 0.3 is 5.97 Å². The van der Waals surface area contributed by atoms with Crippen molar-refractivity contribution in [2.45, 2.75) is 13.0 Å². The summed E-state index contributed by atoms with van der Waals surface area (Å²) in [6, 6.07) is 22.8. The highest BCUT2D eigenvalue weighted by Gasteiger charge is 2.37. The van der Waals surface area contributed by atoms with E-state index >= 15 is 0 Å². The van der Waals surface area contributed by atoms with E-state index in [-0.39, 0.29) is 0 Å². The summed E-state index contributed by atoms with van der Waals surface area (Å²) in [6.07, 6.45) is 0. The highest BCUT2D eigenvalue weighted by Crippen LogP contribution is 2.35. The Bertz CT molecular complexity index is 1190. The number of Topliss-reactive ketones (excluding diaryl/α,β-unsaturated/α-hetero) is 1. The topological polar surface area (TPSA) is 58.6 Å². The number of nitrogens with zero attached hydrogens (tertiary/aromatic N) is 1. The van der Waals surface area contributed by atoms with Crippen LogP contribution in [0.5, 0.6) is 0 Å². The predicted molar refractivity (Wildman–Crippen MR) is 121 cm³/mol. The monoisotopic (exact) mass is 416 g/mol. The maximum absolute atomic E-state index is 13.0. The number of esters is 1. The Labute approximate surface area is 179 Å². The van der Waals surface area contributed by atoms with Crippen LogP contribution in [0.4, 0.5) is 5.69 Å². The summed E-state index contributed by atoms with van der Waals surface area (Å²) in [4.78, 5) is 27.0. The summed E-state index contributed by atoms with van der Waals surface area (Å²) in [5.41, 5.74) is 2.56. The minimum absolute atomic E-state index is 0.314. The number of ketones is 1. The lowest BCUT2D eigenvalue weighted by Gasteiger charge is -2.37. The van der Waals surface area contributed by atoms with Crippen LogP contribution in [0.25, 0.3) is 10.8 Å². The molecule has 0 saturated heterocycles. The van der Waals surface area contributed by atoms with Gasteiger partial charge in [-0.05, 0) is 53.7 Å². The summed E-state index contributed by atoms with van der Waals surface area (Å²) in [5.74, 6) is -1.60. The maximum atomic E-state index is 13.0. The molecule has 5 nitrogen and oxygen atoms in total. The zero-order valence-electron chi connectivity index (χ0n) is 16.6. The first-order valence-electron chi connectivity index (χ1n) is 9.49. The van der Waals surface area contributed by atoms with Crippen molar-refractivity contribution in [2.24, 2.45) is 0 Å². The lowest BCUT2D eigenvalue weighted by atomic mass is 9.90. The largest absolute Gasteiger partial charge is 0.463 e. The van der Waals surface area contributed by atoms with Crippen molar-refractivity contribution >= 4 is 45.5 Å². The molecule has 1 N–H and O–H groups in total. The Morgan fingerprint density at radius 3 is 2.33 bits per heavy atom. The van der Waals surface area contributed by atoms with Crippen molar-refractivity contribution in [3.63, 3.8) is 0 Å². The van der Waals surface area contributed by atoms with Crippen molar-refractivity contribution in [1.82, 2.24) is 5.32 Å². The van der Waals surface area contributed by atoms with Crippen molar-refractivity contribution < 1.29 is 14.3 Å². The van der Waals surface area contributed by atoms with Crippen LogP contribution in [0.3, 0.4) is 0 Å². The van der Waals surface area contributed by atoms with Crippen LogP contribution in [0.2, 0.25) is 0 Å². The minimum atomic E-state index is -0.905. The van der Waals surface area contributed by atoms with Gasteiger partial charge in [0.05, 0.1) is 18.7 Å². The molecule has 4 rings (SSSR count). The van der Waals surface area contributed by atoms with Crippen molar-refractivity contribution in [3.05, 3.63) is 89.6 Å². The quantitative estimate of drug-likeness (QED) is 0.389. The first-order valence-corrected chi connectivity index (χ1v) is 9.90. The highest BCUT2D eigenvalue weighted by atomic mass is 32.1. The normalized spacial score (nSPS) is 16.4. The molecule has 0 aromatic heterocycles. The fraction of sp³-hybridized carbons (Fsp3) is 0.125. The second-order valence-corrected chi connectivity index (χ2v) is 7.37. The number of benzene rings is 3. The molecular formula is C24H20N2O3S. The summed E-state index contributed by atoms with van der Waals surface area (Å²) in [7, 11) is 1.21. The van der Waals surface area contributed by atoms with Crippen molar-refractivity contribution in [2.75, 3.05) is 12.0 Å². The zero-order chi connectivity index (χ0) is 21.3. The van der Waals surface area contributed by atoms with E-state index in [0.29, 0.717) is 16.4 Å². The Morgan fingerprint density at radius 2 is 1.63 bits per heavy atom. The van der Waals surface area contributed by atoms with Gasteiger partial charge < -0.3 is 10.1 Å². The molecule has 3 aromatic carbocycles. The Kier molecular flexibility index (Phi) is 5.33. The van der Waals surface area contributed by atoms with Gasteiger partial charge in [0, 0.05) is 11.4 Å². The van der Waals surface area contributed by atoms with Gasteiger partial charge in [-0.15, -0.1) is 0 Å². The molecule has 150 valence electrons. The number of para-hydroxylation sites is 1. The molecule has 0 saturated carbocycles. The number of methoxy groups -OCH3 is 1. The van der Waals surface area contributed by atoms with E-state index in [2.05, 4.69) is 5.32 Å².